The molecule has 0 spiro atoms. The molecule has 0 aromatic rings. The molecule has 0 saturated heterocycles. The van der Waals surface area contributed by atoms with Crippen LogP contribution in [-0.4, -0.2) is 16.4 Å². The molecule has 0 aliphatic rings. The first-order valence-corrected chi connectivity index (χ1v) is 7.27. The lowest BCUT2D eigenvalue weighted by atomic mass is 10.1. The van der Waals surface area contributed by atoms with E-state index in [1.807, 2.05) is 21.6 Å². The first kappa shape index (κ1) is 13.0. The summed E-state index contributed by atoms with van der Waals surface area (Å²) >= 11 is 5.73. The van der Waals surface area contributed by atoms with Gasteiger partial charge in [-0.1, -0.05) is 49.3 Å². The molecule has 0 saturated carbocycles. The van der Waals surface area contributed by atoms with E-state index in [9.17, 15) is 0 Å². The second kappa shape index (κ2) is 7.40. The third-order valence-electron chi connectivity index (χ3n) is 1.51. The Hall–Kier alpha value is 0.990. The van der Waals surface area contributed by atoms with Crippen LogP contribution in [0, 0.1) is 5.92 Å². The predicted molar refractivity (Wildman–Crippen MR) is 64.3 cm³/mol. The molecule has 12 heavy (non-hydrogen) atoms. The van der Waals surface area contributed by atoms with Gasteiger partial charge in [0.2, 0.25) is 0 Å². The summed E-state index contributed by atoms with van der Waals surface area (Å²) in [6, 6.07) is 0. The highest BCUT2D eigenvalue weighted by atomic mass is 35.5. The van der Waals surface area contributed by atoms with Gasteiger partial charge in [-0.3, -0.25) is 0 Å². The lowest BCUT2D eigenvalue weighted by Crippen LogP contribution is -2.11. The third kappa shape index (κ3) is 6.50. The molecule has 0 aromatic heterocycles. The Balaban J connectivity index is 3.63. The average molecular weight is 227 g/mol. The molecular weight excluding hydrogens is 208 g/mol. The summed E-state index contributed by atoms with van der Waals surface area (Å²) < 4.78 is 0. The summed E-state index contributed by atoms with van der Waals surface area (Å²) in [6.07, 6.45) is 1.13. The first-order chi connectivity index (χ1) is 5.57. The van der Waals surface area contributed by atoms with Crippen LogP contribution in [0.25, 0.3) is 0 Å². The minimum absolute atomic E-state index is 0.714. The van der Waals surface area contributed by atoms with Crippen LogP contribution in [0.3, 0.4) is 0 Å². The average Bonchev–Trinajstić information content (AvgIpc) is 1.96. The maximum Gasteiger partial charge on any atom is 0.0234 e. The van der Waals surface area contributed by atoms with Crippen LogP contribution in [0.5, 0.6) is 0 Å². The molecule has 0 fully saturated rings. The Morgan fingerprint density at radius 2 is 1.67 bits per heavy atom. The zero-order valence-electron chi connectivity index (χ0n) is 8.34. The Bertz CT molecular complexity index is 105. The van der Waals surface area contributed by atoms with E-state index in [4.69, 9.17) is 11.6 Å². The van der Waals surface area contributed by atoms with Crippen molar-refractivity contribution in [2.24, 2.45) is 5.92 Å². The van der Waals surface area contributed by atoms with Crippen molar-refractivity contribution in [1.29, 1.82) is 0 Å². The van der Waals surface area contributed by atoms with Gasteiger partial charge in [0.05, 0.1) is 0 Å². The van der Waals surface area contributed by atoms with Crippen molar-refractivity contribution in [3.8, 4) is 0 Å². The van der Waals surface area contributed by atoms with Crippen molar-refractivity contribution in [2.45, 2.75) is 44.6 Å². The van der Waals surface area contributed by atoms with Gasteiger partial charge in [-0.15, -0.1) is 11.6 Å². The van der Waals surface area contributed by atoms with Gasteiger partial charge in [0.15, 0.2) is 0 Å². The monoisotopic (exact) mass is 226 g/mol. The fraction of sp³-hybridized carbons (Fsp3) is 1.00. The number of hydrogen-bond acceptors (Lipinski definition) is 2. The molecule has 1 unspecified atom stereocenters. The van der Waals surface area contributed by atoms with E-state index < -0.39 is 0 Å². The third-order valence-corrected chi connectivity index (χ3v) is 5.48. The van der Waals surface area contributed by atoms with Crippen LogP contribution in [-0.2, 0) is 0 Å². The Morgan fingerprint density at radius 3 is 2.00 bits per heavy atom. The van der Waals surface area contributed by atoms with Gasteiger partial charge in [0.25, 0.3) is 0 Å². The van der Waals surface area contributed by atoms with E-state index in [1.165, 1.54) is 0 Å². The molecule has 0 aliphatic carbocycles. The van der Waals surface area contributed by atoms with Gasteiger partial charge in [-0.25, -0.2) is 0 Å². The topological polar surface area (TPSA) is 0 Å². The standard InChI is InChI=1S/C9H19ClS2/c1-7(2)9(5-6-10)12-11-8(3)4/h7-9H,5-6H2,1-4H3. The quantitative estimate of drug-likeness (QED) is 0.486. The molecular formula is C9H19ClS2. The summed E-state index contributed by atoms with van der Waals surface area (Å²) in [7, 11) is 3.96. The van der Waals surface area contributed by atoms with E-state index in [2.05, 4.69) is 27.7 Å². The first-order valence-electron chi connectivity index (χ1n) is 4.46. The van der Waals surface area contributed by atoms with Crippen LogP contribution in [0.15, 0.2) is 0 Å². The highest BCUT2D eigenvalue weighted by Gasteiger charge is 2.14. The minimum atomic E-state index is 0.714. The lowest BCUT2D eigenvalue weighted by Gasteiger charge is -2.19. The van der Waals surface area contributed by atoms with E-state index >= 15 is 0 Å². The SMILES string of the molecule is CC(C)SSC(CCCl)C(C)C. The van der Waals surface area contributed by atoms with E-state index in [-0.39, 0.29) is 0 Å². The van der Waals surface area contributed by atoms with Crippen molar-refractivity contribution in [1.82, 2.24) is 0 Å². The van der Waals surface area contributed by atoms with Gasteiger partial charge < -0.3 is 0 Å². The fourth-order valence-electron chi connectivity index (χ4n) is 0.783. The molecule has 3 heteroatoms. The number of alkyl halides is 1. The van der Waals surface area contributed by atoms with Crippen molar-refractivity contribution in [3.05, 3.63) is 0 Å². The molecule has 0 aliphatic heterocycles. The summed E-state index contributed by atoms with van der Waals surface area (Å²) in [5.74, 6) is 1.52. The second-order valence-corrected chi connectivity index (χ2v) is 6.97. The molecule has 0 amide bonds. The normalized spacial score (nSPS) is 14.2. The van der Waals surface area contributed by atoms with E-state index in [1.54, 1.807) is 0 Å². The molecule has 0 aromatic carbocycles. The number of halogens is 1. The van der Waals surface area contributed by atoms with Gasteiger partial charge in [-0.05, 0) is 12.3 Å². The van der Waals surface area contributed by atoms with Gasteiger partial charge in [-0.2, -0.15) is 0 Å². The zero-order valence-corrected chi connectivity index (χ0v) is 10.7. The van der Waals surface area contributed by atoms with Gasteiger partial charge in [0.1, 0.15) is 0 Å². The van der Waals surface area contributed by atoms with E-state index in [0.29, 0.717) is 5.25 Å². The molecule has 1 atom stereocenters. The minimum Gasteiger partial charge on any atom is -0.127 e. The second-order valence-electron chi connectivity index (χ2n) is 3.50. The van der Waals surface area contributed by atoms with Crippen LogP contribution >= 0.6 is 33.2 Å². The maximum atomic E-state index is 5.73. The largest absolute Gasteiger partial charge is 0.127 e. The summed E-state index contributed by atoms with van der Waals surface area (Å²) in [4.78, 5) is 0. The summed E-state index contributed by atoms with van der Waals surface area (Å²) in [6.45, 7) is 9.00. The predicted octanol–water partition coefficient (Wildman–Crippen LogP) is 4.43. The van der Waals surface area contributed by atoms with Gasteiger partial charge >= 0.3 is 0 Å². The molecule has 0 rings (SSSR count). The zero-order chi connectivity index (χ0) is 9.56. The Morgan fingerprint density at radius 1 is 1.08 bits per heavy atom. The molecule has 0 N–H and O–H groups in total. The molecule has 0 nitrogen and oxygen atoms in total. The van der Waals surface area contributed by atoms with Crippen LogP contribution in [0.2, 0.25) is 0 Å². The van der Waals surface area contributed by atoms with Crippen LogP contribution < -0.4 is 0 Å². The van der Waals surface area contributed by atoms with Crippen molar-refractivity contribution < 1.29 is 0 Å². The number of hydrogen-bond donors (Lipinski definition) is 0. The highest BCUT2D eigenvalue weighted by molar-refractivity contribution is 8.77. The van der Waals surface area contributed by atoms with Crippen molar-refractivity contribution >= 4 is 33.2 Å². The smallest absolute Gasteiger partial charge is 0.0234 e. The van der Waals surface area contributed by atoms with Crippen LogP contribution in [0.4, 0.5) is 0 Å². The van der Waals surface area contributed by atoms with Gasteiger partial charge in [0, 0.05) is 16.4 Å². The highest BCUT2D eigenvalue weighted by Crippen LogP contribution is 2.36. The van der Waals surface area contributed by atoms with E-state index in [0.717, 1.165) is 23.5 Å². The molecule has 0 heterocycles. The number of rotatable bonds is 6. The molecule has 0 radical (unpaired) electrons. The molecule has 74 valence electrons. The van der Waals surface area contributed by atoms with Crippen molar-refractivity contribution in [2.75, 3.05) is 5.88 Å². The van der Waals surface area contributed by atoms with Crippen molar-refractivity contribution in [3.63, 3.8) is 0 Å². The lowest BCUT2D eigenvalue weighted by molar-refractivity contribution is 0.598. The Labute approximate surface area is 89.6 Å². The maximum absolute atomic E-state index is 5.73. The summed E-state index contributed by atoms with van der Waals surface area (Å²) in [5.41, 5.74) is 0. The Kier molecular flexibility index (Phi) is 8.01. The molecule has 0 bridgehead atoms. The fourth-order valence-corrected chi connectivity index (χ4v) is 4.00. The summed E-state index contributed by atoms with van der Waals surface area (Å²) in [5, 5.41) is 1.43. The van der Waals surface area contributed by atoms with Crippen LogP contribution in [0.1, 0.15) is 34.1 Å².